The van der Waals surface area contributed by atoms with Crippen LogP contribution < -0.4 is 10.1 Å². The van der Waals surface area contributed by atoms with Crippen molar-refractivity contribution in [3.63, 3.8) is 0 Å². The number of ketones is 1. The molecule has 4 rings (SSSR count). The number of rotatable bonds is 4. The quantitative estimate of drug-likeness (QED) is 0.761. The lowest BCUT2D eigenvalue weighted by Gasteiger charge is -2.19. The first kappa shape index (κ1) is 16.6. The van der Waals surface area contributed by atoms with Gasteiger partial charge in [0.05, 0.1) is 21.5 Å². The second-order valence-electron chi connectivity index (χ2n) is 6.27. The summed E-state index contributed by atoms with van der Waals surface area (Å²) >= 11 is 1.38. The third-order valence-corrected chi connectivity index (χ3v) is 5.04. The van der Waals surface area contributed by atoms with E-state index in [1.54, 1.807) is 0 Å². The smallest absolute Gasteiger partial charge is 0.274 e. The number of carbonyl (C=O) groups is 2. The number of anilines is 1. The minimum atomic E-state index is -0.376. The molecule has 1 aromatic carbocycles. The summed E-state index contributed by atoms with van der Waals surface area (Å²) in [6, 6.07) is 7.67. The van der Waals surface area contributed by atoms with Gasteiger partial charge in [0.15, 0.2) is 12.4 Å². The standard InChI is InChI=1S/C18H16N4O3S/c1-10-6-13-11(14(23)7-10)8-19-17(20-13)22-16(24)9-25-18-21-12-4-2-3-5-15(12)26-18/h2-5,8,10H,6-7,9H2,1H3,(H,19,20,22,24)/t10-/m0/s1. The first-order valence-corrected chi connectivity index (χ1v) is 9.07. The number of ether oxygens (including phenoxy) is 1. The van der Waals surface area contributed by atoms with Crippen molar-refractivity contribution in [1.29, 1.82) is 0 Å². The zero-order valence-corrected chi connectivity index (χ0v) is 14.9. The number of thiazole rings is 1. The van der Waals surface area contributed by atoms with E-state index in [9.17, 15) is 9.59 Å². The number of aromatic nitrogens is 3. The van der Waals surface area contributed by atoms with Crippen molar-refractivity contribution in [2.45, 2.75) is 19.8 Å². The Balaban J connectivity index is 1.40. The van der Waals surface area contributed by atoms with E-state index in [-0.39, 0.29) is 30.2 Å². The highest BCUT2D eigenvalue weighted by atomic mass is 32.1. The van der Waals surface area contributed by atoms with Gasteiger partial charge in [0.1, 0.15) is 0 Å². The Kier molecular flexibility index (Phi) is 4.34. The van der Waals surface area contributed by atoms with E-state index in [0.717, 1.165) is 10.2 Å². The van der Waals surface area contributed by atoms with Crippen LogP contribution in [0.4, 0.5) is 5.95 Å². The molecule has 0 aliphatic heterocycles. The lowest BCUT2D eigenvalue weighted by Crippen LogP contribution is -2.24. The highest BCUT2D eigenvalue weighted by Crippen LogP contribution is 2.27. The molecule has 1 amide bonds. The van der Waals surface area contributed by atoms with Crippen molar-refractivity contribution >= 4 is 39.2 Å². The fraction of sp³-hybridized carbons (Fsp3) is 0.278. The largest absolute Gasteiger partial charge is 0.460 e. The summed E-state index contributed by atoms with van der Waals surface area (Å²) in [5.41, 5.74) is 2.07. The Labute approximate surface area is 153 Å². The Morgan fingerprint density at radius 2 is 2.15 bits per heavy atom. The summed E-state index contributed by atoms with van der Waals surface area (Å²) in [7, 11) is 0. The van der Waals surface area contributed by atoms with Crippen LogP contribution in [0.25, 0.3) is 10.2 Å². The number of hydrogen-bond donors (Lipinski definition) is 1. The van der Waals surface area contributed by atoms with Crippen LogP contribution in [-0.4, -0.2) is 33.2 Å². The summed E-state index contributed by atoms with van der Waals surface area (Å²) in [4.78, 5) is 36.8. The number of hydrogen-bond acceptors (Lipinski definition) is 7. The molecule has 3 aromatic rings. The number of benzene rings is 1. The second kappa shape index (κ2) is 6.80. The molecule has 0 spiro atoms. The molecule has 26 heavy (non-hydrogen) atoms. The van der Waals surface area contributed by atoms with Gasteiger partial charge in [0.2, 0.25) is 5.95 Å². The molecule has 1 N–H and O–H groups in total. The van der Waals surface area contributed by atoms with Crippen LogP contribution in [0.2, 0.25) is 0 Å². The summed E-state index contributed by atoms with van der Waals surface area (Å²) in [5, 5.41) is 3.04. The van der Waals surface area contributed by atoms with Gasteiger partial charge in [-0.1, -0.05) is 30.4 Å². The van der Waals surface area contributed by atoms with E-state index in [2.05, 4.69) is 20.3 Å². The Hall–Kier alpha value is -2.87. The molecule has 0 fully saturated rings. The Bertz CT molecular complexity index is 968. The van der Waals surface area contributed by atoms with Gasteiger partial charge in [-0.3, -0.25) is 14.9 Å². The molecule has 0 unspecified atom stereocenters. The summed E-state index contributed by atoms with van der Waals surface area (Å²) in [6.07, 6.45) is 2.70. The third-order valence-electron chi connectivity index (χ3n) is 4.10. The van der Waals surface area contributed by atoms with E-state index in [0.29, 0.717) is 29.3 Å². The zero-order valence-electron chi connectivity index (χ0n) is 14.1. The van der Waals surface area contributed by atoms with Crippen LogP contribution >= 0.6 is 11.3 Å². The lowest BCUT2D eigenvalue weighted by atomic mass is 9.88. The maximum atomic E-state index is 12.1. The average molecular weight is 368 g/mol. The topological polar surface area (TPSA) is 94.1 Å². The summed E-state index contributed by atoms with van der Waals surface area (Å²) in [5.74, 6) is 0.106. The monoisotopic (exact) mass is 368 g/mol. The SMILES string of the molecule is C[C@@H]1CC(=O)c2cnc(NC(=O)COc3nc4ccccc4s3)nc2C1. The zero-order chi connectivity index (χ0) is 18.1. The van der Waals surface area contributed by atoms with E-state index in [4.69, 9.17) is 4.74 Å². The van der Waals surface area contributed by atoms with Crippen LogP contribution in [0.3, 0.4) is 0 Å². The summed E-state index contributed by atoms with van der Waals surface area (Å²) < 4.78 is 6.46. The van der Waals surface area contributed by atoms with Crippen LogP contribution in [0.15, 0.2) is 30.5 Å². The van der Waals surface area contributed by atoms with Gasteiger partial charge in [0, 0.05) is 12.6 Å². The molecule has 0 saturated carbocycles. The first-order valence-electron chi connectivity index (χ1n) is 8.26. The van der Waals surface area contributed by atoms with Crippen molar-refractivity contribution < 1.29 is 14.3 Å². The first-order chi connectivity index (χ1) is 12.6. The fourth-order valence-corrected chi connectivity index (χ4v) is 3.71. The Morgan fingerprint density at radius 1 is 1.31 bits per heavy atom. The van der Waals surface area contributed by atoms with Crippen LogP contribution in [0.5, 0.6) is 5.19 Å². The van der Waals surface area contributed by atoms with Crippen LogP contribution in [-0.2, 0) is 11.2 Å². The van der Waals surface area contributed by atoms with Crippen LogP contribution in [0, 0.1) is 5.92 Å². The van der Waals surface area contributed by atoms with Gasteiger partial charge >= 0.3 is 0 Å². The lowest BCUT2D eigenvalue weighted by molar-refractivity contribution is -0.118. The average Bonchev–Trinajstić information content (AvgIpc) is 3.02. The molecular weight excluding hydrogens is 352 g/mol. The maximum absolute atomic E-state index is 12.1. The summed E-state index contributed by atoms with van der Waals surface area (Å²) in [6.45, 7) is 1.82. The Morgan fingerprint density at radius 3 is 3.00 bits per heavy atom. The second-order valence-corrected chi connectivity index (χ2v) is 7.27. The number of nitrogens with one attached hydrogen (secondary N) is 1. The van der Waals surface area contributed by atoms with Gasteiger partial charge in [-0.15, -0.1) is 0 Å². The van der Waals surface area contributed by atoms with E-state index in [1.165, 1.54) is 17.5 Å². The van der Waals surface area contributed by atoms with Crippen LogP contribution in [0.1, 0.15) is 29.4 Å². The highest BCUT2D eigenvalue weighted by Gasteiger charge is 2.24. The van der Waals surface area contributed by atoms with Gasteiger partial charge in [-0.05, 0) is 24.5 Å². The molecule has 0 saturated heterocycles. The number of para-hydroxylation sites is 1. The highest BCUT2D eigenvalue weighted by molar-refractivity contribution is 7.20. The third kappa shape index (κ3) is 3.41. The molecule has 0 radical (unpaired) electrons. The van der Waals surface area contributed by atoms with Gasteiger partial charge < -0.3 is 4.74 Å². The minimum absolute atomic E-state index is 0.0517. The number of Topliss-reactive ketones (excluding diaryl/α,β-unsaturated/α-hetero) is 1. The van der Waals surface area contributed by atoms with Crippen molar-refractivity contribution in [2.75, 3.05) is 11.9 Å². The van der Waals surface area contributed by atoms with E-state index < -0.39 is 0 Å². The van der Waals surface area contributed by atoms with E-state index in [1.807, 2.05) is 31.2 Å². The molecule has 132 valence electrons. The molecule has 1 aliphatic carbocycles. The number of amides is 1. The fourth-order valence-electron chi connectivity index (χ4n) is 2.90. The molecule has 2 heterocycles. The van der Waals surface area contributed by atoms with Gasteiger partial charge in [0.25, 0.3) is 11.1 Å². The molecule has 7 nitrogen and oxygen atoms in total. The van der Waals surface area contributed by atoms with Crippen molar-refractivity contribution in [3.05, 3.63) is 41.7 Å². The van der Waals surface area contributed by atoms with E-state index >= 15 is 0 Å². The molecule has 0 bridgehead atoms. The molecular formula is C18H16N4O3S. The van der Waals surface area contributed by atoms with Crippen molar-refractivity contribution in [3.8, 4) is 5.19 Å². The number of carbonyl (C=O) groups excluding carboxylic acids is 2. The number of fused-ring (bicyclic) bond motifs is 2. The molecule has 8 heteroatoms. The minimum Gasteiger partial charge on any atom is -0.460 e. The maximum Gasteiger partial charge on any atom is 0.274 e. The normalized spacial score (nSPS) is 16.3. The van der Waals surface area contributed by atoms with Gasteiger partial charge in [-0.2, -0.15) is 0 Å². The van der Waals surface area contributed by atoms with Gasteiger partial charge in [-0.25, -0.2) is 15.0 Å². The molecule has 1 atom stereocenters. The molecule has 2 aromatic heterocycles. The van der Waals surface area contributed by atoms with Crippen molar-refractivity contribution in [1.82, 2.24) is 15.0 Å². The predicted octanol–water partition coefficient (Wildman–Crippen LogP) is 2.87. The predicted molar refractivity (Wildman–Crippen MR) is 97.6 cm³/mol. The molecule has 1 aliphatic rings. The number of nitrogens with zero attached hydrogens (tertiary/aromatic N) is 3. The van der Waals surface area contributed by atoms with Crippen molar-refractivity contribution in [2.24, 2.45) is 5.92 Å².